The van der Waals surface area contributed by atoms with Crippen molar-refractivity contribution in [2.75, 3.05) is 7.11 Å². The lowest BCUT2D eigenvalue weighted by atomic mass is 10.1. The number of aromatic nitrogens is 1. The van der Waals surface area contributed by atoms with Gasteiger partial charge >= 0.3 is 0 Å². The maximum absolute atomic E-state index is 12.6. The Balaban J connectivity index is 1.86. The van der Waals surface area contributed by atoms with Crippen LogP contribution in [0.1, 0.15) is 22.8 Å². The summed E-state index contributed by atoms with van der Waals surface area (Å²) in [7, 11) is 1.61. The van der Waals surface area contributed by atoms with Crippen molar-refractivity contribution in [3.8, 4) is 5.75 Å². The topological polar surface area (TPSA) is 60.3 Å². The number of rotatable bonds is 5. The zero-order valence-electron chi connectivity index (χ0n) is 14.3. The van der Waals surface area contributed by atoms with Crippen molar-refractivity contribution < 1.29 is 9.53 Å². The van der Waals surface area contributed by atoms with E-state index in [4.69, 9.17) is 4.74 Å². The van der Waals surface area contributed by atoms with Gasteiger partial charge in [0.25, 0.3) is 5.91 Å². The summed E-state index contributed by atoms with van der Waals surface area (Å²) in [5.41, 5.74) is 1.69. The van der Waals surface area contributed by atoms with Crippen molar-refractivity contribution in [3.63, 3.8) is 0 Å². The average Bonchev–Trinajstić information content (AvgIpc) is 2.67. The van der Waals surface area contributed by atoms with E-state index < -0.39 is 0 Å². The van der Waals surface area contributed by atoms with Gasteiger partial charge in [-0.3, -0.25) is 9.59 Å². The number of benzene rings is 2. The van der Waals surface area contributed by atoms with Gasteiger partial charge < -0.3 is 14.6 Å². The SMILES string of the molecule is CCn1cc(C(=O)NCc2ccc(OC)cc2)c(=O)c2ccccc21. The van der Waals surface area contributed by atoms with Crippen LogP contribution in [0.5, 0.6) is 5.75 Å². The first-order valence-electron chi connectivity index (χ1n) is 8.17. The number of methoxy groups -OCH3 is 1. The van der Waals surface area contributed by atoms with Crippen molar-refractivity contribution in [2.24, 2.45) is 0 Å². The molecule has 0 atom stereocenters. The number of hydrogen-bond acceptors (Lipinski definition) is 3. The number of fused-ring (bicyclic) bond motifs is 1. The summed E-state index contributed by atoms with van der Waals surface area (Å²) in [6, 6.07) is 14.8. The lowest BCUT2D eigenvalue weighted by Gasteiger charge is -2.12. The normalized spacial score (nSPS) is 10.6. The van der Waals surface area contributed by atoms with Crippen LogP contribution < -0.4 is 15.5 Å². The molecule has 0 aliphatic heterocycles. The molecule has 1 N–H and O–H groups in total. The fourth-order valence-corrected chi connectivity index (χ4v) is 2.79. The molecule has 2 aromatic carbocycles. The van der Waals surface area contributed by atoms with E-state index in [0.717, 1.165) is 16.8 Å². The third-order valence-electron chi connectivity index (χ3n) is 4.19. The van der Waals surface area contributed by atoms with E-state index in [9.17, 15) is 9.59 Å². The second-order valence-electron chi connectivity index (χ2n) is 5.71. The van der Waals surface area contributed by atoms with Gasteiger partial charge in [0.1, 0.15) is 11.3 Å². The molecule has 0 saturated heterocycles. The molecule has 1 aromatic heterocycles. The average molecular weight is 336 g/mol. The zero-order valence-corrected chi connectivity index (χ0v) is 14.3. The number of ether oxygens (including phenoxy) is 1. The number of hydrogen-bond donors (Lipinski definition) is 1. The van der Waals surface area contributed by atoms with Gasteiger partial charge in [0.05, 0.1) is 12.6 Å². The Morgan fingerprint density at radius 1 is 1.12 bits per heavy atom. The van der Waals surface area contributed by atoms with Crippen molar-refractivity contribution in [1.29, 1.82) is 0 Å². The molecular formula is C20H20N2O3. The molecule has 3 rings (SSSR count). The number of nitrogens with zero attached hydrogens (tertiary/aromatic N) is 1. The van der Waals surface area contributed by atoms with Gasteiger partial charge in [0, 0.05) is 24.7 Å². The van der Waals surface area contributed by atoms with Gasteiger partial charge in [-0.05, 0) is 36.8 Å². The molecule has 3 aromatic rings. The molecule has 0 spiro atoms. The molecule has 0 aliphatic rings. The highest BCUT2D eigenvalue weighted by Crippen LogP contribution is 2.13. The van der Waals surface area contributed by atoms with Gasteiger partial charge in [0.15, 0.2) is 0 Å². The van der Waals surface area contributed by atoms with Gasteiger partial charge in [0.2, 0.25) is 5.43 Å². The summed E-state index contributed by atoms with van der Waals surface area (Å²) < 4.78 is 7.03. The molecule has 5 heteroatoms. The van der Waals surface area contributed by atoms with Crippen LogP contribution in [0.3, 0.4) is 0 Å². The van der Waals surface area contributed by atoms with Crippen LogP contribution in [-0.4, -0.2) is 17.6 Å². The van der Waals surface area contributed by atoms with Crippen LogP contribution in [0, 0.1) is 0 Å². The number of para-hydroxylation sites is 1. The minimum atomic E-state index is -0.367. The quantitative estimate of drug-likeness (QED) is 0.779. The lowest BCUT2D eigenvalue weighted by molar-refractivity contribution is 0.0949. The maximum atomic E-state index is 12.6. The Labute approximate surface area is 145 Å². The van der Waals surface area contributed by atoms with Crippen molar-refractivity contribution in [2.45, 2.75) is 20.0 Å². The van der Waals surface area contributed by atoms with Crippen LogP contribution in [0.4, 0.5) is 0 Å². The molecule has 0 aliphatic carbocycles. The number of nitrogens with one attached hydrogen (secondary N) is 1. The molecule has 1 heterocycles. The highest BCUT2D eigenvalue weighted by Gasteiger charge is 2.14. The van der Waals surface area contributed by atoms with E-state index >= 15 is 0 Å². The minimum Gasteiger partial charge on any atom is -0.497 e. The molecule has 0 unspecified atom stereocenters. The van der Waals surface area contributed by atoms with Gasteiger partial charge in [-0.15, -0.1) is 0 Å². The largest absolute Gasteiger partial charge is 0.497 e. The Morgan fingerprint density at radius 3 is 2.52 bits per heavy atom. The summed E-state index contributed by atoms with van der Waals surface area (Å²) in [6.45, 7) is 3.01. The molecule has 25 heavy (non-hydrogen) atoms. The number of amides is 1. The molecule has 128 valence electrons. The van der Waals surface area contributed by atoms with Crippen LogP contribution in [0.2, 0.25) is 0 Å². The minimum absolute atomic E-state index is 0.161. The Hall–Kier alpha value is -3.08. The smallest absolute Gasteiger partial charge is 0.257 e. The van der Waals surface area contributed by atoms with E-state index in [0.29, 0.717) is 18.5 Å². The number of aryl methyl sites for hydroxylation is 1. The lowest BCUT2D eigenvalue weighted by Crippen LogP contribution is -2.29. The van der Waals surface area contributed by atoms with Crippen molar-refractivity contribution >= 4 is 16.8 Å². The van der Waals surface area contributed by atoms with Gasteiger partial charge in [-0.1, -0.05) is 24.3 Å². The van der Waals surface area contributed by atoms with E-state index in [1.807, 2.05) is 54.0 Å². The number of carbonyl (C=O) groups excluding carboxylic acids is 1. The Bertz CT molecular complexity index is 959. The van der Waals surface area contributed by atoms with Crippen LogP contribution in [0.15, 0.2) is 59.5 Å². The van der Waals surface area contributed by atoms with Crippen LogP contribution >= 0.6 is 0 Å². The summed E-state index contributed by atoms with van der Waals surface area (Å²) in [5, 5.41) is 3.37. The molecule has 0 fully saturated rings. The Kier molecular flexibility index (Phi) is 4.84. The maximum Gasteiger partial charge on any atom is 0.257 e. The van der Waals surface area contributed by atoms with Crippen LogP contribution in [0.25, 0.3) is 10.9 Å². The first-order chi connectivity index (χ1) is 12.1. The Morgan fingerprint density at radius 2 is 1.84 bits per heavy atom. The highest BCUT2D eigenvalue weighted by molar-refractivity contribution is 5.97. The van der Waals surface area contributed by atoms with E-state index in [-0.39, 0.29) is 16.9 Å². The molecular weight excluding hydrogens is 316 g/mol. The third kappa shape index (κ3) is 3.40. The fraction of sp³-hybridized carbons (Fsp3) is 0.200. The highest BCUT2D eigenvalue weighted by atomic mass is 16.5. The van der Waals surface area contributed by atoms with E-state index in [2.05, 4.69) is 5.32 Å². The van der Waals surface area contributed by atoms with E-state index in [1.54, 1.807) is 19.4 Å². The zero-order chi connectivity index (χ0) is 17.8. The van der Waals surface area contributed by atoms with Crippen molar-refractivity contribution in [3.05, 3.63) is 76.1 Å². The monoisotopic (exact) mass is 336 g/mol. The third-order valence-corrected chi connectivity index (χ3v) is 4.19. The molecule has 0 saturated carbocycles. The molecule has 0 bridgehead atoms. The van der Waals surface area contributed by atoms with Gasteiger partial charge in [-0.2, -0.15) is 0 Å². The number of pyridine rings is 1. The summed E-state index contributed by atoms with van der Waals surface area (Å²) in [5.74, 6) is 0.393. The van der Waals surface area contributed by atoms with Gasteiger partial charge in [-0.25, -0.2) is 0 Å². The molecule has 0 radical (unpaired) electrons. The second kappa shape index (κ2) is 7.21. The number of carbonyl (C=O) groups is 1. The predicted molar refractivity (Wildman–Crippen MR) is 98.0 cm³/mol. The first kappa shape index (κ1) is 16.8. The summed E-state index contributed by atoms with van der Waals surface area (Å²) in [6.07, 6.45) is 1.63. The standard InChI is InChI=1S/C20H20N2O3/c1-3-22-13-17(19(23)16-6-4-5-7-18(16)22)20(24)21-12-14-8-10-15(25-2)11-9-14/h4-11,13H,3,12H2,1-2H3,(H,21,24). The summed E-state index contributed by atoms with van der Waals surface area (Å²) in [4.78, 5) is 25.2. The predicted octanol–water partition coefficient (Wildman–Crippen LogP) is 2.96. The first-order valence-corrected chi connectivity index (χ1v) is 8.17. The second-order valence-corrected chi connectivity index (χ2v) is 5.71. The van der Waals surface area contributed by atoms with Crippen LogP contribution in [-0.2, 0) is 13.1 Å². The molecule has 5 nitrogen and oxygen atoms in total. The fourth-order valence-electron chi connectivity index (χ4n) is 2.79. The van der Waals surface area contributed by atoms with E-state index in [1.165, 1.54) is 0 Å². The molecule has 1 amide bonds. The van der Waals surface area contributed by atoms with Crippen molar-refractivity contribution in [1.82, 2.24) is 9.88 Å². The summed E-state index contributed by atoms with van der Waals surface area (Å²) >= 11 is 0.